The van der Waals surface area contributed by atoms with Gasteiger partial charge in [-0.15, -0.1) is 0 Å². The molecule has 2 unspecified atom stereocenters. The number of likely N-dealkylation sites (tertiary alicyclic amines) is 1. The molecule has 0 aliphatic carbocycles. The fourth-order valence-electron chi connectivity index (χ4n) is 4.80. The summed E-state index contributed by atoms with van der Waals surface area (Å²) in [5.74, 6) is -1.62. The number of hydrogen-bond acceptors (Lipinski definition) is 3. The molecule has 0 spiro atoms. The van der Waals surface area contributed by atoms with Crippen LogP contribution in [-0.2, 0) is 0 Å². The van der Waals surface area contributed by atoms with Gasteiger partial charge in [0.15, 0.2) is 5.78 Å². The summed E-state index contributed by atoms with van der Waals surface area (Å²) in [5, 5.41) is 11.2. The molecular formula is C28H28F3NO2. The van der Waals surface area contributed by atoms with Crippen LogP contribution >= 0.6 is 0 Å². The SMILES string of the molecule is O=C(c1ccc(F)cc1)C1CCCCN1CCC(O)C(c1ccc(F)cc1)c1ccc(F)cc1. The van der Waals surface area contributed by atoms with E-state index in [4.69, 9.17) is 0 Å². The Morgan fingerprint density at radius 1 is 0.824 bits per heavy atom. The van der Waals surface area contributed by atoms with Gasteiger partial charge in [0.25, 0.3) is 0 Å². The zero-order valence-electron chi connectivity index (χ0n) is 18.8. The van der Waals surface area contributed by atoms with Crippen molar-refractivity contribution in [2.75, 3.05) is 13.1 Å². The van der Waals surface area contributed by atoms with Gasteiger partial charge in [0, 0.05) is 18.0 Å². The van der Waals surface area contributed by atoms with Crippen LogP contribution in [0.5, 0.6) is 0 Å². The van der Waals surface area contributed by atoms with Gasteiger partial charge >= 0.3 is 0 Å². The Balaban J connectivity index is 1.50. The smallest absolute Gasteiger partial charge is 0.179 e. The number of rotatable bonds is 8. The molecular weight excluding hydrogens is 439 g/mol. The molecule has 2 atom stereocenters. The van der Waals surface area contributed by atoms with Crippen LogP contribution in [0.2, 0.25) is 0 Å². The number of Topliss-reactive ketones (excluding diaryl/α,β-unsaturated/α-hetero) is 1. The second-order valence-corrected chi connectivity index (χ2v) is 8.86. The molecule has 6 heteroatoms. The maximum absolute atomic E-state index is 13.5. The van der Waals surface area contributed by atoms with E-state index in [0.29, 0.717) is 24.9 Å². The number of halogens is 3. The van der Waals surface area contributed by atoms with E-state index in [-0.39, 0.29) is 29.3 Å². The van der Waals surface area contributed by atoms with E-state index >= 15 is 0 Å². The first-order chi connectivity index (χ1) is 16.4. The lowest BCUT2D eigenvalue weighted by atomic mass is 9.85. The number of carbonyl (C=O) groups excluding carboxylic acids is 1. The predicted octanol–water partition coefficient (Wildman–Crippen LogP) is 5.72. The maximum atomic E-state index is 13.5. The van der Waals surface area contributed by atoms with Crippen LogP contribution in [0.3, 0.4) is 0 Å². The summed E-state index contributed by atoms with van der Waals surface area (Å²) >= 11 is 0. The van der Waals surface area contributed by atoms with E-state index in [1.807, 2.05) is 0 Å². The largest absolute Gasteiger partial charge is 0.392 e. The van der Waals surface area contributed by atoms with Crippen LogP contribution in [0, 0.1) is 17.5 Å². The number of benzene rings is 3. The van der Waals surface area contributed by atoms with Gasteiger partial charge in [0.05, 0.1) is 12.1 Å². The van der Waals surface area contributed by atoms with E-state index < -0.39 is 12.0 Å². The van der Waals surface area contributed by atoms with Gasteiger partial charge in [-0.25, -0.2) is 13.2 Å². The molecule has 0 aromatic heterocycles. The van der Waals surface area contributed by atoms with Crippen molar-refractivity contribution in [1.82, 2.24) is 4.90 Å². The lowest BCUT2D eigenvalue weighted by molar-refractivity contribution is 0.0666. The first-order valence-corrected chi connectivity index (χ1v) is 11.6. The third-order valence-electron chi connectivity index (χ3n) is 6.60. The molecule has 3 aromatic rings. The average Bonchev–Trinajstić information content (AvgIpc) is 2.85. The summed E-state index contributed by atoms with van der Waals surface area (Å²) in [4.78, 5) is 15.2. The molecule has 1 aliphatic heterocycles. The minimum Gasteiger partial charge on any atom is -0.392 e. The molecule has 0 amide bonds. The molecule has 178 valence electrons. The number of piperidine rings is 1. The van der Waals surface area contributed by atoms with Crippen molar-refractivity contribution < 1.29 is 23.1 Å². The van der Waals surface area contributed by atoms with Gasteiger partial charge in [0.2, 0.25) is 0 Å². The summed E-state index contributed by atoms with van der Waals surface area (Å²) in [6, 6.07) is 17.2. The van der Waals surface area contributed by atoms with Crippen LogP contribution in [-0.4, -0.2) is 41.0 Å². The fraction of sp³-hybridized carbons (Fsp3) is 0.321. The van der Waals surface area contributed by atoms with Crippen LogP contribution < -0.4 is 0 Å². The molecule has 34 heavy (non-hydrogen) atoms. The number of aliphatic hydroxyl groups is 1. The van der Waals surface area contributed by atoms with E-state index in [0.717, 1.165) is 30.5 Å². The molecule has 1 fully saturated rings. The number of carbonyl (C=O) groups is 1. The molecule has 0 saturated carbocycles. The minimum atomic E-state index is -0.820. The van der Waals surface area contributed by atoms with Crippen molar-refractivity contribution in [3.63, 3.8) is 0 Å². The summed E-state index contributed by atoms with van der Waals surface area (Å²) in [7, 11) is 0. The summed E-state index contributed by atoms with van der Waals surface area (Å²) in [5.41, 5.74) is 1.95. The topological polar surface area (TPSA) is 40.5 Å². The molecule has 1 aliphatic rings. The van der Waals surface area contributed by atoms with Crippen molar-refractivity contribution in [1.29, 1.82) is 0 Å². The van der Waals surface area contributed by atoms with Crippen molar-refractivity contribution in [3.8, 4) is 0 Å². The molecule has 0 bridgehead atoms. The van der Waals surface area contributed by atoms with Crippen molar-refractivity contribution >= 4 is 5.78 Å². The van der Waals surface area contributed by atoms with E-state index in [9.17, 15) is 23.1 Å². The van der Waals surface area contributed by atoms with Gasteiger partial charge in [0.1, 0.15) is 17.5 Å². The second-order valence-electron chi connectivity index (χ2n) is 8.86. The quantitative estimate of drug-likeness (QED) is 0.431. The number of ketones is 1. The first-order valence-electron chi connectivity index (χ1n) is 11.6. The Hall–Kier alpha value is -2.96. The zero-order chi connectivity index (χ0) is 24.1. The maximum Gasteiger partial charge on any atom is 0.179 e. The lowest BCUT2D eigenvalue weighted by Gasteiger charge is -2.36. The van der Waals surface area contributed by atoms with Crippen molar-refractivity contribution in [3.05, 3.63) is 107 Å². The van der Waals surface area contributed by atoms with E-state index in [2.05, 4.69) is 4.90 Å². The molecule has 3 nitrogen and oxygen atoms in total. The molecule has 1 N–H and O–H groups in total. The van der Waals surface area contributed by atoms with Crippen LogP contribution in [0.25, 0.3) is 0 Å². The number of aliphatic hydroxyl groups excluding tert-OH is 1. The highest BCUT2D eigenvalue weighted by molar-refractivity contribution is 6.00. The van der Waals surface area contributed by atoms with Gasteiger partial charge in [-0.1, -0.05) is 30.7 Å². The molecule has 0 radical (unpaired) electrons. The van der Waals surface area contributed by atoms with Gasteiger partial charge in [-0.3, -0.25) is 9.69 Å². The third-order valence-corrected chi connectivity index (χ3v) is 6.60. The van der Waals surface area contributed by atoms with Crippen molar-refractivity contribution in [2.24, 2.45) is 0 Å². The number of hydrogen-bond donors (Lipinski definition) is 1. The highest BCUT2D eigenvalue weighted by Gasteiger charge is 2.31. The van der Waals surface area contributed by atoms with Gasteiger partial charge < -0.3 is 5.11 Å². The highest BCUT2D eigenvalue weighted by atomic mass is 19.1. The zero-order valence-corrected chi connectivity index (χ0v) is 18.8. The second kappa shape index (κ2) is 11.0. The Kier molecular flexibility index (Phi) is 7.80. The third kappa shape index (κ3) is 5.75. The minimum absolute atomic E-state index is 0.0391. The average molecular weight is 468 g/mol. The summed E-state index contributed by atoms with van der Waals surface area (Å²) in [6.07, 6.45) is 2.17. The van der Waals surface area contributed by atoms with E-state index in [1.165, 1.54) is 48.5 Å². The molecule has 1 saturated heterocycles. The normalized spacial score (nSPS) is 17.6. The summed E-state index contributed by atoms with van der Waals surface area (Å²) < 4.78 is 40.3. The molecule has 4 rings (SSSR count). The summed E-state index contributed by atoms with van der Waals surface area (Å²) in [6.45, 7) is 1.24. The number of nitrogens with zero attached hydrogens (tertiary/aromatic N) is 1. The van der Waals surface area contributed by atoms with Gasteiger partial charge in [-0.05, 0) is 85.5 Å². The molecule has 3 aromatic carbocycles. The van der Waals surface area contributed by atoms with Crippen LogP contribution in [0.1, 0.15) is 53.1 Å². The van der Waals surface area contributed by atoms with Crippen LogP contribution in [0.4, 0.5) is 13.2 Å². The highest BCUT2D eigenvalue weighted by Crippen LogP contribution is 2.31. The lowest BCUT2D eigenvalue weighted by Crippen LogP contribution is -2.46. The van der Waals surface area contributed by atoms with Crippen molar-refractivity contribution in [2.45, 2.75) is 43.7 Å². The molecule has 1 heterocycles. The Labute approximate surface area is 197 Å². The fourth-order valence-corrected chi connectivity index (χ4v) is 4.80. The standard InChI is InChI=1S/C28H28F3NO2/c29-22-10-4-19(5-11-22)27(20-6-12-23(30)13-7-20)26(33)16-18-32-17-2-1-3-25(32)28(34)21-8-14-24(31)15-9-21/h4-15,25-27,33H,1-3,16-18H2. The Bertz CT molecular complexity index is 1040. The first kappa shape index (κ1) is 24.2. The predicted molar refractivity (Wildman–Crippen MR) is 125 cm³/mol. The van der Waals surface area contributed by atoms with E-state index in [1.54, 1.807) is 24.3 Å². The van der Waals surface area contributed by atoms with Gasteiger partial charge in [-0.2, -0.15) is 0 Å². The Morgan fingerprint density at radius 2 is 1.32 bits per heavy atom. The monoisotopic (exact) mass is 467 g/mol. The van der Waals surface area contributed by atoms with Crippen LogP contribution in [0.15, 0.2) is 72.8 Å². The Morgan fingerprint density at radius 3 is 1.85 bits per heavy atom.